The van der Waals surface area contributed by atoms with Crippen LogP contribution in [0.25, 0.3) is 0 Å². The fourth-order valence-corrected chi connectivity index (χ4v) is 2.48. The largest absolute Gasteiger partial charge is 0.367 e. The SMILES string of the molecule is CCN(Cc1ccc(C#N)cc1Cl)c1ccccc1C. The van der Waals surface area contributed by atoms with Crippen LogP contribution in [-0.4, -0.2) is 6.54 Å². The van der Waals surface area contributed by atoms with Gasteiger partial charge in [-0.3, -0.25) is 0 Å². The number of anilines is 1. The summed E-state index contributed by atoms with van der Waals surface area (Å²) in [6, 6.07) is 15.9. The fraction of sp³-hybridized carbons (Fsp3) is 0.235. The van der Waals surface area contributed by atoms with E-state index in [4.69, 9.17) is 16.9 Å². The molecule has 102 valence electrons. The van der Waals surface area contributed by atoms with E-state index in [-0.39, 0.29) is 0 Å². The Kier molecular flexibility index (Phi) is 4.65. The normalized spacial score (nSPS) is 10.1. The van der Waals surface area contributed by atoms with Crippen LogP contribution in [0.1, 0.15) is 23.6 Å². The Labute approximate surface area is 125 Å². The molecule has 0 atom stereocenters. The van der Waals surface area contributed by atoms with E-state index in [0.29, 0.717) is 10.6 Å². The first-order valence-electron chi connectivity index (χ1n) is 6.64. The molecule has 0 radical (unpaired) electrons. The van der Waals surface area contributed by atoms with Crippen LogP contribution in [0.3, 0.4) is 0 Å². The zero-order chi connectivity index (χ0) is 14.5. The summed E-state index contributed by atoms with van der Waals surface area (Å²) < 4.78 is 0. The van der Waals surface area contributed by atoms with Gasteiger partial charge in [-0.1, -0.05) is 35.9 Å². The Bertz CT molecular complexity index is 644. The first-order valence-corrected chi connectivity index (χ1v) is 7.02. The van der Waals surface area contributed by atoms with Crippen molar-refractivity contribution in [3.8, 4) is 6.07 Å². The van der Waals surface area contributed by atoms with Crippen LogP contribution in [0.5, 0.6) is 0 Å². The molecule has 0 aliphatic heterocycles. The average Bonchev–Trinajstić information content (AvgIpc) is 2.47. The number of nitrogens with zero attached hydrogens (tertiary/aromatic N) is 2. The molecule has 0 amide bonds. The predicted octanol–water partition coefficient (Wildman–Crippen LogP) is 4.55. The maximum Gasteiger partial charge on any atom is 0.0992 e. The van der Waals surface area contributed by atoms with Crippen molar-refractivity contribution in [2.24, 2.45) is 0 Å². The van der Waals surface area contributed by atoms with Gasteiger partial charge in [0.25, 0.3) is 0 Å². The molecular formula is C17H17ClN2. The van der Waals surface area contributed by atoms with Crippen molar-refractivity contribution in [3.05, 3.63) is 64.2 Å². The molecule has 0 bridgehead atoms. The fourth-order valence-electron chi connectivity index (χ4n) is 2.24. The average molecular weight is 285 g/mol. The second-order valence-electron chi connectivity index (χ2n) is 4.72. The third-order valence-electron chi connectivity index (χ3n) is 3.38. The number of nitriles is 1. The topological polar surface area (TPSA) is 27.0 Å². The minimum absolute atomic E-state index is 0.595. The molecule has 0 aliphatic rings. The molecule has 0 aromatic heterocycles. The highest BCUT2D eigenvalue weighted by Gasteiger charge is 2.10. The summed E-state index contributed by atoms with van der Waals surface area (Å²) in [7, 11) is 0. The van der Waals surface area contributed by atoms with Crippen molar-refractivity contribution in [2.45, 2.75) is 20.4 Å². The molecule has 2 aromatic rings. The van der Waals surface area contributed by atoms with E-state index in [1.165, 1.54) is 11.3 Å². The van der Waals surface area contributed by atoms with Crippen LogP contribution in [0.4, 0.5) is 5.69 Å². The van der Waals surface area contributed by atoms with Crippen LogP contribution < -0.4 is 4.90 Å². The van der Waals surface area contributed by atoms with Crippen LogP contribution in [0.15, 0.2) is 42.5 Å². The molecule has 2 rings (SSSR count). The monoisotopic (exact) mass is 284 g/mol. The number of hydrogen-bond donors (Lipinski definition) is 0. The molecule has 0 N–H and O–H groups in total. The molecule has 2 aromatic carbocycles. The van der Waals surface area contributed by atoms with Crippen LogP contribution in [-0.2, 0) is 6.54 Å². The van der Waals surface area contributed by atoms with E-state index in [0.717, 1.165) is 18.7 Å². The maximum atomic E-state index is 8.88. The molecule has 0 heterocycles. The zero-order valence-electron chi connectivity index (χ0n) is 11.7. The summed E-state index contributed by atoms with van der Waals surface area (Å²) in [5.74, 6) is 0. The van der Waals surface area contributed by atoms with Crippen molar-refractivity contribution in [3.63, 3.8) is 0 Å². The highest BCUT2D eigenvalue weighted by atomic mass is 35.5. The Morgan fingerprint density at radius 3 is 2.55 bits per heavy atom. The molecule has 2 nitrogen and oxygen atoms in total. The van der Waals surface area contributed by atoms with Gasteiger partial charge in [0.15, 0.2) is 0 Å². The zero-order valence-corrected chi connectivity index (χ0v) is 12.5. The molecule has 0 fully saturated rings. The molecule has 0 saturated carbocycles. The van der Waals surface area contributed by atoms with Crippen molar-refractivity contribution in [1.82, 2.24) is 0 Å². The van der Waals surface area contributed by atoms with Gasteiger partial charge in [0.05, 0.1) is 11.6 Å². The molecule has 0 spiro atoms. The second kappa shape index (κ2) is 6.45. The lowest BCUT2D eigenvalue weighted by Crippen LogP contribution is -2.23. The van der Waals surface area contributed by atoms with E-state index in [2.05, 4.69) is 36.9 Å². The number of halogens is 1. The number of aryl methyl sites for hydroxylation is 1. The van der Waals surface area contributed by atoms with Crippen LogP contribution in [0, 0.1) is 18.3 Å². The Morgan fingerprint density at radius 2 is 1.95 bits per heavy atom. The van der Waals surface area contributed by atoms with E-state index in [1.54, 1.807) is 6.07 Å². The highest BCUT2D eigenvalue weighted by molar-refractivity contribution is 6.31. The number of para-hydroxylation sites is 1. The summed E-state index contributed by atoms with van der Waals surface area (Å²) in [5, 5.41) is 9.53. The van der Waals surface area contributed by atoms with Crippen molar-refractivity contribution in [2.75, 3.05) is 11.4 Å². The summed E-state index contributed by atoms with van der Waals surface area (Å²) in [6.07, 6.45) is 0. The molecule has 0 saturated heterocycles. The van der Waals surface area contributed by atoms with Crippen LogP contribution in [0.2, 0.25) is 5.02 Å². The molecule has 0 unspecified atom stereocenters. The van der Waals surface area contributed by atoms with E-state index < -0.39 is 0 Å². The second-order valence-corrected chi connectivity index (χ2v) is 5.13. The van der Waals surface area contributed by atoms with E-state index in [9.17, 15) is 0 Å². The summed E-state index contributed by atoms with van der Waals surface area (Å²) in [5.41, 5.74) is 4.10. The van der Waals surface area contributed by atoms with Crippen molar-refractivity contribution in [1.29, 1.82) is 5.26 Å². The van der Waals surface area contributed by atoms with Gasteiger partial charge < -0.3 is 4.90 Å². The minimum atomic E-state index is 0.595. The third kappa shape index (κ3) is 3.12. The highest BCUT2D eigenvalue weighted by Crippen LogP contribution is 2.25. The quantitative estimate of drug-likeness (QED) is 0.824. The molecule has 3 heteroatoms. The van der Waals surface area contributed by atoms with Crippen LogP contribution >= 0.6 is 11.6 Å². The lowest BCUT2D eigenvalue weighted by molar-refractivity contribution is 0.828. The Hall–Kier alpha value is -1.98. The molecule has 20 heavy (non-hydrogen) atoms. The first kappa shape index (κ1) is 14.4. The third-order valence-corrected chi connectivity index (χ3v) is 3.73. The number of hydrogen-bond acceptors (Lipinski definition) is 2. The van der Waals surface area contributed by atoms with Crippen molar-refractivity contribution < 1.29 is 0 Å². The Balaban J connectivity index is 2.28. The minimum Gasteiger partial charge on any atom is -0.367 e. The maximum absolute atomic E-state index is 8.88. The standard InChI is InChI=1S/C17H17ClN2/c1-3-20(17-7-5-4-6-13(17)2)12-15-9-8-14(11-19)10-16(15)18/h4-10H,3,12H2,1-2H3. The first-order chi connectivity index (χ1) is 9.65. The lowest BCUT2D eigenvalue weighted by atomic mass is 10.1. The van der Waals surface area contributed by atoms with Gasteiger partial charge in [-0.2, -0.15) is 5.26 Å². The molecular weight excluding hydrogens is 268 g/mol. The summed E-state index contributed by atoms with van der Waals surface area (Å²) in [6.45, 7) is 5.88. The number of rotatable bonds is 4. The van der Waals surface area contributed by atoms with E-state index in [1.807, 2.05) is 24.3 Å². The lowest BCUT2D eigenvalue weighted by Gasteiger charge is -2.25. The Morgan fingerprint density at radius 1 is 1.20 bits per heavy atom. The molecule has 0 aliphatic carbocycles. The summed E-state index contributed by atoms with van der Waals surface area (Å²) >= 11 is 6.26. The van der Waals surface area contributed by atoms with Gasteiger partial charge in [-0.25, -0.2) is 0 Å². The van der Waals surface area contributed by atoms with Gasteiger partial charge in [-0.15, -0.1) is 0 Å². The van der Waals surface area contributed by atoms with Crippen molar-refractivity contribution >= 4 is 17.3 Å². The number of benzene rings is 2. The van der Waals surface area contributed by atoms with Gasteiger partial charge in [0.2, 0.25) is 0 Å². The van der Waals surface area contributed by atoms with Gasteiger partial charge >= 0.3 is 0 Å². The smallest absolute Gasteiger partial charge is 0.0992 e. The predicted molar refractivity (Wildman–Crippen MR) is 84.1 cm³/mol. The summed E-state index contributed by atoms with van der Waals surface area (Å²) in [4.78, 5) is 2.28. The van der Waals surface area contributed by atoms with E-state index >= 15 is 0 Å². The van der Waals surface area contributed by atoms with Gasteiger partial charge in [-0.05, 0) is 43.2 Å². The van der Waals surface area contributed by atoms with Gasteiger partial charge in [0, 0.05) is 23.8 Å². The van der Waals surface area contributed by atoms with Gasteiger partial charge in [0.1, 0.15) is 0 Å².